The average Bonchev–Trinajstić information content (AvgIpc) is 3.18. The predicted octanol–water partition coefficient (Wildman–Crippen LogP) is 1.41. The maximum atomic E-state index is 12.3. The summed E-state index contributed by atoms with van der Waals surface area (Å²) in [5.74, 6) is 1.04. The largest absolute Gasteiger partial charge is 0.356 e. The smallest absolute Gasteiger partial charge is 0.224 e. The summed E-state index contributed by atoms with van der Waals surface area (Å²) in [6, 6.07) is 0. The Bertz CT molecular complexity index is 502. The van der Waals surface area contributed by atoms with Gasteiger partial charge in [0.05, 0.1) is 5.92 Å². The van der Waals surface area contributed by atoms with Crippen LogP contribution in [0.3, 0.4) is 0 Å². The second kappa shape index (κ2) is 13.0. The molecule has 0 aromatic heterocycles. The minimum atomic E-state index is 0. The molecule has 0 radical (unpaired) electrons. The number of piperazine rings is 1. The van der Waals surface area contributed by atoms with Crippen LogP contribution in [0.1, 0.15) is 52.4 Å². The Hall–Kier alpha value is -1.34. The van der Waals surface area contributed by atoms with E-state index in [4.69, 9.17) is 0 Å². The van der Waals surface area contributed by atoms with E-state index in [1.165, 1.54) is 0 Å². The molecule has 2 N–H and O–H groups in total. The fourth-order valence-electron chi connectivity index (χ4n) is 3.65. The van der Waals surface area contributed by atoms with Crippen molar-refractivity contribution in [1.29, 1.82) is 0 Å². The van der Waals surface area contributed by atoms with Crippen molar-refractivity contribution in [3.05, 3.63) is 0 Å². The zero-order valence-electron chi connectivity index (χ0n) is 17.4. The first kappa shape index (κ1) is 24.7. The zero-order valence-corrected chi connectivity index (χ0v) is 18.2. The first-order valence-electron chi connectivity index (χ1n) is 10.5. The molecule has 3 amide bonds. The number of hydrogen-bond acceptors (Lipinski definition) is 4. The molecule has 28 heavy (non-hydrogen) atoms. The van der Waals surface area contributed by atoms with Crippen LogP contribution < -0.4 is 10.6 Å². The van der Waals surface area contributed by atoms with E-state index in [1.54, 1.807) is 0 Å². The molecule has 2 rings (SSSR count). The number of carbonyl (C=O) groups excluding carboxylic acids is 3. The summed E-state index contributed by atoms with van der Waals surface area (Å²) < 4.78 is 0. The van der Waals surface area contributed by atoms with Crippen molar-refractivity contribution in [1.82, 2.24) is 20.4 Å². The lowest BCUT2D eigenvalue weighted by Gasteiger charge is -2.35. The fourth-order valence-corrected chi connectivity index (χ4v) is 3.65. The van der Waals surface area contributed by atoms with Gasteiger partial charge in [0.15, 0.2) is 0 Å². The van der Waals surface area contributed by atoms with Crippen LogP contribution in [0.5, 0.6) is 0 Å². The van der Waals surface area contributed by atoms with Gasteiger partial charge in [-0.05, 0) is 31.7 Å². The van der Waals surface area contributed by atoms with Gasteiger partial charge in [-0.3, -0.25) is 14.4 Å². The highest BCUT2D eigenvalue weighted by Gasteiger charge is 2.24. The number of rotatable bonds is 9. The van der Waals surface area contributed by atoms with Crippen LogP contribution in [0.25, 0.3) is 0 Å². The van der Waals surface area contributed by atoms with Gasteiger partial charge in [-0.2, -0.15) is 0 Å². The van der Waals surface area contributed by atoms with E-state index in [9.17, 15) is 14.4 Å². The van der Waals surface area contributed by atoms with Crippen molar-refractivity contribution in [2.45, 2.75) is 52.4 Å². The molecule has 0 saturated carbocycles. The summed E-state index contributed by atoms with van der Waals surface area (Å²) in [7, 11) is 0. The van der Waals surface area contributed by atoms with Crippen molar-refractivity contribution in [2.75, 3.05) is 45.8 Å². The minimum absolute atomic E-state index is 0. The molecule has 0 bridgehead atoms. The van der Waals surface area contributed by atoms with Gasteiger partial charge in [0.1, 0.15) is 0 Å². The quantitative estimate of drug-likeness (QED) is 0.557. The fraction of sp³-hybridized carbons (Fsp3) is 0.850. The summed E-state index contributed by atoms with van der Waals surface area (Å²) >= 11 is 0. The van der Waals surface area contributed by atoms with E-state index in [2.05, 4.69) is 24.5 Å². The SMILES string of the molecule is CC(C)CC(=O)N1CCN(C(=O)CCCCCNC(=O)C2CCNC2)CC1.Cl. The normalized spacial score (nSPS) is 19.5. The van der Waals surface area contributed by atoms with Gasteiger partial charge in [0.25, 0.3) is 0 Å². The van der Waals surface area contributed by atoms with Crippen LogP contribution in [-0.4, -0.2) is 73.3 Å². The van der Waals surface area contributed by atoms with Crippen molar-refractivity contribution in [3.8, 4) is 0 Å². The van der Waals surface area contributed by atoms with Crippen LogP contribution in [0.15, 0.2) is 0 Å². The Morgan fingerprint density at radius 1 is 1.00 bits per heavy atom. The van der Waals surface area contributed by atoms with E-state index in [1.807, 2.05) is 9.80 Å². The second-order valence-corrected chi connectivity index (χ2v) is 8.15. The van der Waals surface area contributed by atoms with Crippen molar-refractivity contribution < 1.29 is 14.4 Å². The molecule has 7 nitrogen and oxygen atoms in total. The number of unbranched alkanes of at least 4 members (excludes halogenated alkanes) is 2. The monoisotopic (exact) mass is 416 g/mol. The highest BCUT2D eigenvalue weighted by atomic mass is 35.5. The van der Waals surface area contributed by atoms with Gasteiger partial charge in [0, 0.05) is 52.1 Å². The molecule has 2 fully saturated rings. The minimum Gasteiger partial charge on any atom is -0.356 e. The van der Waals surface area contributed by atoms with Crippen LogP contribution in [0, 0.1) is 11.8 Å². The first-order valence-corrected chi connectivity index (χ1v) is 10.5. The van der Waals surface area contributed by atoms with E-state index in [0.29, 0.717) is 51.5 Å². The van der Waals surface area contributed by atoms with E-state index in [-0.39, 0.29) is 36.0 Å². The van der Waals surface area contributed by atoms with Crippen molar-refractivity contribution >= 4 is 30.1 Å². The van der Waals surface area contributed by atoms with Crippen molar-refractivity contribution in [3.63, 3.8) is 0 Å². The van der Waals surface area contributed by atoms with Crippen LogP contribution in [0.2, 0.25) is 0 Å². The third-order valence-corrected chi connectivity index (χ3v) is 5.37. The second-order valence-electron chi connectivity index (χ2n) is 8.15. The van der Waals surface area contributed by atoms with E-state index < -0.39 is 0 Å². The van der Waals surface area contributed by atoms with E-state index in [0.717, 1.165) is 38.8 Å². The lowest BCUT2D eigenvalue weighted by atomic mass is 10.1. The van der Waals surface area contributed by atoms with Gasteiger partial charge in [0.2, 0.25) is 17.7 Å². The topological polar surface area (TPSA) is 81.8 Å². The predicted molar refractivity (Wildman–Crippen MR) is 112 cm³/mol. The molecule has 162 valence electrons. The number of carbonyl (C=O) groups is 3. The van der Waals surface area contributed by atoms with Crippen LogP contribution in [-0.2, 0) is 14.4 Å². The lowest BCUT2D eigenvalue weighted by molar-refractivity contribution is -0.140. The van der Waals surface area contributed by atoms with Gasteiger partial charge in [-0.1, -0.05) is 20.3 Å². The molecular weight excluding hydrogens is 380 g/mol. The maximum Gasteiger partial charge on any atom is 0.224 e. The standard InChI is InChI=1S/C20H36N4O3.ClH/c1-16(2)14-19(26)24-12-10-23(11-13-24)18(25)6-4-3-5-8-22-20(27)17-7-9-21-15-17;/h16-17,21H,3-15H2,1-2H3,(H,22,27);1H. The highest BCUT2D eigenvalue weighted by Crippen LogP contribution is 2.11. The molecular formula is C20H37ClN4O3. The van der Waals surface area contributed by atoms with Crippen LogP contribution >= 0.6 is 12.4 Å². The number of nitrogens with zero attached hydrogens (tertiary/aromatic N) is 2. The molecule has 2 heterocycles. The third-order valence-electron chi connectivity index (χ3n) is 5.37. The molecule has 2 aliphatic rings. The molecule has 2 aliphatic heterocycles. The Morgan fingerprint density at radius 3 is 2.21 bits per heavy atom. The summed E-state index contributed by atoms with van der Waals surface area (Å²) in [6.07, 6.45) is 4.78. The molecule has 0 spiro atoms. The number of amides is 3. The summed E-state index contributed by atoms with van der Waals surface area (Å²) in [5.41, 5.74) is 0. The molecule has 1 atom stereocenters. The molecule has 0 aromatic rings. The number of nitrogens with one attached hydrogen (secondary N) is 2. The van der Waals surface area contributed by atoms with Gasteiger partial charge < -0.3 is 20.4 Å². The molecule has 1 unspecified atom stereocenters. The Labute approximate surface area is 175 Å². The number of halogens is 1. The Balaban J connectivity index is 0.00000392. The molecule has 8 heteroatoms. The van der Waals surface area contributed by atoms with Crippen molar-refractivity contribution in [2.24, 2.45) is 11.8 Å². The Kier molecular flexibility index (Phi) is 11.5. The molecule has 0 aliphatic carbocycles. The summed E-state index contributed by atoms with van der Waals surface area (Å²) in [5, 5.41) is 6.19. The Morgan fingerprint density at radius 2 is 1.64 bits per heavy atom. The maximum absolute atomic E-state index is 12.3. The zero-order chi connectivity index (χ0) is 19.6. The molecule has 2 saturated heterocycles. The van der Waals surface area contributed by atoms with Gasteiger partial charge in [-0.25, -0.2) is 0 Å². The average molecular weight is 417 g/mol. The third kappa shape index (κ3) is 8.35. The first-order chi connectivity index (χ1) is 13.0. The van der Waals surface area contributed by atoms with Gasteiger partial charge >= 0.3 is 0 Å². The molecule has 0 aromatic carbocycles. The summed E-state index contributed by atoms with van der Waals surface area (Å²) in [6.45, 7) is 9.11. The van der Waals surface area contributed by atoms with Gasteiger partial charge in [-0.15, -0.1) is 12.4 Å². The lowest BCUT2D eigenvalue weighted by Crippen LogP contribution is -2.50. The highest BCUT2D eigenvalue weighted by molar-refractivity contribution is 5.85. The summed E-state index contributed by atoms with van der Waals surface area (Å²) in [4.78, 5) is 40.0. The van der Waals surface area contributed by atoms with Crippen LogP contribution in [0.4, 0.5) is 0 Å². The van der Waals surface area contributed by atoms with E-state index >= 15 is 0 Å². The number of hydrogen-bond donors (Lipinski definition) is 2.